The summed E-state index contributed by atoms with van der Waals surface area (Å²) in [5, 5.41) is 11.4. The van der Waals surface area contributed by atoms with Crippen molar-refractivity contribution in [3.05, 3.63) is 36.5 Å². The quantitative estimate of drug-likeness (QED) is 0.711. The summed E-state index contributed by atoms with van der Waals surface area (Å²) in [6, 6.07) is 9.00. The number of carbonyl (C=O) groups is 2. The molecule has 0 spiro atoms. The van der Waals surface area contributed by atoms with Gasteiger partial charge < -0.3 is 10.1 Å². The number of cyclic esters (lactones) is 1. The van der Waals surface area contributed by atoms with E-state index in [1.54, 1.807) is 30.8 Å². The SMILES string of the molecule is C[C@H](CN1C(=O)OC(C)(C)C1=O)Nc1nccc(-n2nnc3ccccc32)n1. The number of para-hydroxylation sites is 1. The molecule has 2 aromatic heterocycles. The lowest BCUT2D eigenvalue weighted by molar-refractivity contribution is -0.134. The highest BCUT2D eigenvalue weighted by molar-refractivity contribution is 6.02. The topological polar surface area (TPSA) is 115 Å². The highest BCUT2D eigenvalue weighted by atomic mass is 16.6. The molecule has 28 heavy (non-hydrogen) atoms. The van der Waals surface area contributed by atoms with Crippen LogP contribution in [0.2, 0.25) is 0 Å². The first-order valence-corrected chi connectivity index (χ1v) is 8.80. The molecule has 1 N–H and O–H groups in total. The first-order valence-electron chi connectivity index (χ1n) is 8.80. The van der Waals surface area contributed by atoms with E-state index in [0.29, 0.717) is 11.8 Å². The molecule has 2 amide bonds. The van der Waals surface area contributed by atoms with Gasteiger partial charge in [-0.15, -0.1) is 5.10 Å². The average molecular weight is 381 g/mol. The van der Waals surface area contributed by atoms with Crippen LogP contribution in [0.4, 0.5) is 10.7 Å². The number of amides is 2. The Morgan fingerprint density at radius 1 is 1.21 bits per heavy atom. The molecule has 1 aromatic carbocycles. The van der Waals surface area contributed by atoms with Crippen molar-refractivity contribution in [2.75, 3.05) is 11.9 Å². The number of hydrogen-bond acceptors (Lipinski definition) is 8. The van der Waals surface area contributed by atoms with E-state index in [1.807, 2.05) is 31.2 Å². The van der Waals surface area contributed by atoms with Gasteiger partial charge in [-0.05, 0) is 32.9 Å². The molecule has 1 atom stereocenters. The second kappa shape index (κ2) is 6.55. The van der Waals surface area contributed by atoms with Crippen molar-refractivity contribution in [3.8, 4) is 5.82 Å². The van der Waals surface area contributed by atoms with Crippen LogP contribution in [0.5, 0.6) is 0 Å². The largest absolute Gasteiger partial charge is 0.433 e. The van der Waals surface area contributed by atoms with Crippen LogP contribution in [0, 0.1) is 0 Å². The molecule has 3 aromatic rings. The zero-order chi connectivity index (χ0) is 19.9. The number of hydrogen-bond donors (Lipinski definition) is 1. The fraction of sp³-hybridized carbons (Fsp3) is 0.333. The second-order valence-corrected chi connectivity index (χ2v) is 7.07. The lowest BCUT2D eigenvalue weighted by Gasteiger charge is -2.19. The third-order valence-electron chi connectivity index (χ3n) is 4.36. The number of anilines is 1. The maximum atomic E-state index is 12.3. The number of ether oxygens (including phenoxy) is 1. The third kappa shape index (κ3) is 3.13. The lowest BCUT2D eigenvalue weighted by atomic mass is 10.1. The molecule has 0 radical (unpaired) electrons. The van der Waals surface area contributed by atoms with E-state index in [-0.39, 0.29) is 18.5 Å². The van der Waals surface area contributed by atoms with Gasteiger partial charge in [-0.2, -0.15) is 9.67 Å². The van der Waals surface area contributed by atoms with Crippen LogP contribution < -0.4 is 5.32 Å². The molecule has 3 heterocycles. The minimum absolute atomic E-state index is 0.140. The summed E-state index contributed by atoms with van der Waals surface area (Å²) >= 11 is 0. The van der Waals surface area contributed by atoms with Crippen molar-refractivity contribution in [1.29, 1.82) is 0 Å². The fourth-order valence-corrected chi connectivity index (χ4v) is 3.00. The summed E-state index contributed by atoms with van der Waals surface area (Å²) in [5.74, 6) is 0.537. The van der Waals surface area contributed by atoms with Crippen molar-refractivity contribution < 1.29 is 14.3 Å². The molecule has 0 unspecified atom stereocenters. The Kier molecular flexibility index (Phi) is 4.17. The van der Waals surface area contributed by atoms with Crippen molar-refractivity contribution >= 4 is 29.0 Å². The standard InChI is InChI=1S/C18H19N7O3/c1-11(10-24-15(26)18(2,3)28-17(24)27)20-16-19-9-8-14(21-16)25-13-7-5-4-6-12(13)22-23-25/h4-9,11H,10H2,1-3H3,(H,19,20,21)/t11-/m1/s1. The Bertz CT molecular complexity index is 1060. The molecule has 0 bridgehead atoms. The zero-order valence-electron chi connectivity index (χ0n) is 15.7. The van der Waals surface area contributed by atoms with Crippen LogP contribution in [0.15, 0.2) is 36.5 Å². The monoisotopic (exact) mass is 381 g/mol. The van der Waals surface area contributed by atoms with Gasteiger partial charge in [-0.3, -0.25) is 4.79 Å². The number of imide groups is 1. The molecular weight excluding hydrogens is 362 g/mol. The van der Waals surface area contributed by atoms with Gasteiger partial charge in [-0.25, -0.2) is 14.7 Å². The minimum atomic E-state index is -1.14. The van der Waals surface area contributed by atoms with Crippen LogP contribution >= 0.6 is 0 Å². The van der Waals surface area contributed by atoms with E-state index in [0.717, 1.165) is 15.9 Å². The van der Waals surface area contributed by atoms with E-state index >= 15 is 0 Å². The number of benzene rings is 1. The molecule has 144 valence electrons. The van der Waals surface area contributed by atoms with Gasteiger partial charge in [0.25, 0.3) is 5.91 Å². The summed E-state index contributed by atoms with van der Waals surface area (Å²) in [4.78, 5) is 34.0. The van der Waals surface area contributed by atoms with Crippen LogP contribution in [-0.4, -0.2) is 60.0 Å². The van der Waals surface area contributed by atoms with Crippen molar-refractivity contribution in [3.63, 3.8) is 0 Å². The van der Waals surface area contributed by atoms with Gasteiger partial charge in [0.2, 0.25) is 5.95 Å². The van der Waals surface area contributed by atoms with Crippen molar-refractivity contribution in [2.45, 2.75) is 32.4 Å². The molecule has 0 saturated carbocycles. The minimum Gasteiger partial charge on any atom is -0.433 e. The molecule has 1 aliphatic rings. The summed E-state index contributed by atoms with van der Waals surface area (Å²) in [5.41, 5.74) is 0.451. The summed E-state index contributed by atoms with van der Waals surface area (Å²) < 4.78 is 6.72. The van der Waals surface area contributed by atoms with Crippen LogP contribution in [0.1, 0.15) is 20.8 Å². The average Bonchev–Trinajstić information content (AvgIpc) is 3.16. The zero-order valence-corrected chi connectivity index (χ0v) is 15.7. The Morgan fingerprint density at radius 3 is 2.75 bits per heavy atom. The predicted octanol–water partition coefficient (Wildman–Crippen LogP) is 1.77. The second-order valence-electron chi connectivity index (χ2n) is 7.07. The molecule has 10 nitrogen and oxygen atoms in total. The Balaban J connectivity index is 1.51. The van der Waals surface area contributed by atoms with Gasteiger partial charge in [0.05, 0.1) is 12.1 Å². The van der Waals surface area contributed by atoms with Crippen LogP contribution in [0.25, 0.3) is 16.9 Å². The van der Waals surface area contributed by atoms with Gasteiger partial charge in [0.1, 0.15) is 5.52 Å². The molecular formula is C18H19N7O3. The van der Waals surface area contributed by atoms with Gasteiger partial charge in [0.15, 0.2) is 11.4 Å². The van der Waals surface area contributed by atoms with E-state index in [9.17, 15) is 9.59 Å². The number of carbonyl (C=O) groups excluding carboxylic acids is 2. The van der Waals surface area contributed by atoms with Crippen LogP contribution in [0.3, 0.4) is 0 Å². The molecule has 4 rings (SSSR count). The number of fused-ring (bicyclic) bond motifs is 1. The van der Waals surface area contributed by atoms with E-state index in [4.69, 9.17) is 4.74 Å². The van der Waals surface area contributed by atoms with Gasteiger partial charge in [0, 0.05) is 18.3 Å². The summed E-state index contributed by atoms with van der Waals surface area (Å²) in [6.07, 6.45) is 0.957. The highest BCUT2D eigenvalue weighted by Gasteiger charge is 2.47. The maximum Gasteiger partial charge on any atom is 0.417 e. The number of nitrogens with zero attached hydrogens (tertiary/aromatic N) is 6. The Labute approximate surface area is 160 Å². The van der Waals surface area contributed by atoms with E-state index in [1.165, 1.54) is 0 Å². The summed E-state index contributed by atoms with van der Waals surface area (Å²) in [7, 11) is 0. The van der Waals surface area contributed by atoms with Crippen LogP contribution in [-0.2, 0) is 9.53 Å². The molecule has 1 saturated heterocycles. The maximum absolute atomic E-state index is 12.3. The van der Waals surface area contributed by atoms with Crippen molar-refractivity contribution in [1.82, 2.24) is 29.9 Å². The first kappa shape index (κ1) is 17.8. The summed E-state index contributed by atoms with van der Waals surface area (Å²) in [6.45, 7) is 5.11. The van der Waals surface area contributed by atoms with E-state index in [2.05, 4.69) is 25.6 Å². The Morgan fingerprint density at radius 2 is 2.00 bits per heavy atom. The molecule has 10 heteroatoms. The molecule has 1 fully saturated rings. The third-order valence-corrected chi connectivity index (χ3v) is 4.36. The highest BCUT2D eigenvalue weighted by Crippen LogP contribution is 2.23. The molecule has 0 aliphatic carbocycles. The Hall–Kier alpha value is -3.56. The number of nitrogens with one attached hydrogen (secondary N) is 1. The fourth-order valence-electron chi connectivity index (χ4n) is 3.00. The molecule has 1 aliphatic heterocycles. The predicted molar refractivity (Wildman–Crippen MR) is 99.8 cm³/mol. The number of aromatic nitrogens is 5. The first-order chi connectivity index (χ1) is 13.3. The lowest BCUT2D eigenvalue weighted by Crippen LogP contribution is -2.41. The van der Waals surface area contributed by atoms with Gasteiger partial charge in [-0.1, -0.05) is 17.3 Å². The smallest absolute Gasteiger partial charge is 0.417 e. The normalized spacial score (nSPS) is 17.0. The number of rotatable bonds is 5. The van der Waals surface area contributed by atoms with Crippen molar-refractivity contribution in [2.24, 2.45) is 0 Å². The van der Waals surface area contributed by atoms with Gasteiger partial charge >= 0.3 is 6.09 Å². The van der Waals surface area contributed by atoms with E-state index < -0.39 is 11.7 Å².